The van der Waals surface area contributed by atoms with Crippen molar-refractivity contribution in [2.75, 3.05) is 19.6 Å². The first-order valence-corrected chi connectivity index (χ1v) is 7.38. The van der Waals surface area contributed by atoms with Crippen LogP contribution in [0, 0.1) is 0 Å². The molecule has 2 saturated heterocycles. The number of carboxylic acids is 1. The quantitative estimate of drug-likeness (QED) is 0.821. The van der Waals surface area contributed by atoms with Crippen molar-refractivity contribution in [2.45, 2.75) is 63.9 Å². The summed E-state index contributed by atoms with van der Waals surface area (Å²) in [6.45, 7) is 7.00. The Labute approximate surface area is 114 Å². The van der Waals surface area contributed by atoms with Gasteiger partial charge < -0.3 is 14.6 Å². The van der Waals surface area contributed by atoms with Crippen LogP contribution in [0.3, 0.4) is 0 Å². The van der Waals surface area contributed by atoms with Crippen molar-refractivity contribution in [3.8, 4) is 0 Å². The lowest BCUT2D eigenvalue weighted by atomic mass is 10.1. The van der Waals surface area contributed by atoms with Gasteiger partial charge in [0.2, 0.25) is 0 Å². The molecule has 2 rings (SSSR count). The average molecular weight is 271 g/mol. The summed E-state index contributed by atoms with van der Waals surface area (Å²) in [4.78, 5) is 13.3. The standard InChI is InChI=1S/C14H25NO4/c1-3-10-7-15(8-11(4-2)18-10)9-12-5-6-13(19-12)14(16)17/h10-13H,3-9H2,1-2H3,(H,16,17)/t10?,11?,12-,13+/m1/s1. The van der Waals surface area contributed by atoms with E-state index in [1.54, 1.807) is 0 Å². The fraction of sp³-hybridized carbons (Fsp3) is 0.929. The molecule has 2 heterocycles. The van der Waals surface area contributed by atoms with E-state index in [1.165, 1.54) is 0 Å². The van der Waals surface area contributed by atoms with Crippen molar-refractivity contribution in [3.63, 3.8) is 0 Å². The lowest BCUT2D eigenvalue weighted by molar-refractivity contribution is -0.150. The van der Waals surface area contributed by atoms with Gasteiger partial charge in [0.25, 0.3) is 0 Å². The molecule has 2 unspecified atom stereocenters. The molecule has 0 aliphatic carbocycles. The zero-order chi connectivity index (χ0) is 13.8. The molecule has 2 aliphatic rings. The van der Waals surface area contributed by atoms with Gasteiger partial charge in [-0.25, -0.2) is 4.79 Å². The summed E-state index contributed by atoms with van der Waals surface area (Å²) in [6, 6.07) is 0. The van der Waals surface area contributed by atoms with Crippen molar-refractivity contribution in [3.05, 3.63) is 0 Å². The number of carbonyl (C=O) groups is 1. The summed E-state index contributed by atoms with van der Waals surface area (Å²) >= 11 is 0. The van der Waals surface area contributed by atoms with Gasteiger partial charge in [-0.3, -0.25) is 4.90 Å². The molecule has 1 N–H and O–H groups in total. The Hall–Kier alpha value is -0.650. The minimum atomic E-state index is -0.831. The van der Waals surface area contributed by atoms with Crippen molar-refractivity contribution < 1.29 is 19.4 Å². The van der Waals surface area contributed by atoms with Crippen molar-refractivity contribution in [1.82, 2.24) is 4.90 Å². The highest BCUT2D eigenvalue weighted by atomic mass is 16.5. The number of nitrogens with zero attached hydrogens (tertiary/aromatic N) is 1. The third-order valence-electron chi connectivity index (χ3n) is 4.06. The van der Waals surface area contributed by atoms with E-state index >= 15 is 0 Å². The van der Waals surface area contributed by atoms with Crippen LogP contribution in [0.5, 0.6) is 0 Å². The number of hydrogen-bond donors (Lipinski definition) is 1. The first-order chi connectivity index (χ1) is 9.12. The van der Waals surface area contributed by atoms with Gasteiger partial charge in [0.1, 0.15) is 0 Å². The monoisotopic (exact) mass is 271 g/mol. The average Bonchev–Trinajstić information content (AvgIpc) is 2.87. The van der Waals surface area contributed by atoms with Crippen molar-refractivity contribution >= 4 is 5.97 Å². The van der Waals surface area contributed by atoms with Crippen molar-refractivity contribution in [1.29, 1.82) is 0 Å². The van der Waals surface area contributed by atoms with Crippen LogP contribution in [0.2, 0.25) is 0 Å². The first-order valence-electron chi connectivity index (χ1n) is 7.38. The summed E-state index contributed by atoms with van der Waals surface area (Å²) in [5, 5.41) is 8.94. The van der Waals surface area contributed by atoms with Gasteiger partial charge in [0.05, 0.1) is 18.3 Å². The summed E-state index contributed by atoms with van der Waals surface area (Å²) in [6.07, 6.45) is 3.60. The fourth-order valence-corrected chi connectivity index (χ4v) is 2.92. The largest absolute Gasteiger partial charge is 0.479 e. The first kappa shape index (κ1) is 14.8. The summed E-state index contributed by atoms with van der Waals surface area (Å²) < 4.78 is 11.5. The maximum Gasteiger partial charge on any atom is 0.332 e. The molecule has 4 atom stereocenters. The molecule has 0 aromatic carbocycles. The lowest BCUT2D eigenvalue weighted by Crippen LogP contribution is -2.49. The second kappa shape index (κ2) is 6.68. The van der Waals surface area contributed by atoms with Gasteiger partial charge >= 0.3 is 5.97 Å². The minimum absolute atomic E-state index is 0.0641. The van der Waals surface area contributed by atoms with Gasteiger partial charge in [-0.1, -0.05) is 13.8 Å². The molecular weight excluding hydrogens is 246 g/mol. The van der Waals surface area contributed by atoms with Gasteiger partial charge in [-0.15, -0.1) is 0 Å². The van der Waals surface area contributed by atoms with E-state index in [1.807, 2.05) is 0 Å². The SMILES string of the molecule is CCC1CN(C[C@H]2CC[C@@H](C(=O)O)O2)CC(CC)O1. The normalized spacial score (nSPS) is 36.5. The van der Waals surface area contributed by atoms with E-state index in [-0.39, 0.29) is 6.10 Å². The van der Waals surface area contributed by atoms with E-state index in [9.17, 15) is 4.79 Å². The van der Waals surface area contributed by atoms with E-state index in [4.69, 9.17) is 14.6 Å². The molecule has 2 fully saturated rings. The molecule has 0 amide bonds. The molecule has 0 bridgehead atoms. The molecule has 0 aromatic heterocycles. The molecule has 110 valence electrons. The summed E-state index contributed by atoms with van der Waals surface area (Å²) in [7, 11) is 0. The highest BCUT2D eigenvalue weighted by Gasteiger charge is 2.33. The third kappa shape index (κ3) is 3.91. The minimum Gasteiger partial charge on any atom is -0.479 e. The molecule has 5 nitrogen and oxygen atoms in total. The van der Waals surface area contributed by atoms with Crippen LogP contribution in [0.25, 0.3) is 0 Å². The predicted octanol–water partition coefficient (Wildman–Crippen LogP) is 1.51. The van der Waals surface area contributed by atoms with Crippen LogP contribution in [-0.2, 0) is 14.3 Å². The van der Waals surface area contributed by atoms with Gasteiger partial charge in [0.15, 0.2) is 6.10 Å². The van der Waals surface area contributed by atoms with E-state index in [0.717, 1.165) is 38.9 Å². The van der Waals surface area contributed by atoms with E-state index in [2.05, 4.69) is 18.7 Å². The maximum absolute atomic E-state index is 10.9. The Balaban J connectivity index is 1.83. The molecule has 0 radical (unpaired) electrons. The third-order valence-corrected chi connectivity index (χ3v) is 4.06. The molecule has 2 aliphatic heterocycles. The number of hydrogen-bond acceptors (Lipinski definition) is 4. The van der Waals surface area contributed by atoms with Crippen LogP contribution in [0.4, 0.5) is 0 Å². The number of morpholine rings is 1. The number of rotatable bonds is 5. The van der Waals surface area contributed by atoms with E-state index < -0.39 is 12.1 Å². The number of ether oxygens (including phenoxy) is 2. The van der Waals surface area contributed by atoms with Gasteiger partial charge in [-0.05, 0) is 25.7 Å². The van der Waals surface area contributed by atoms with Crippen LogP contribution >= 0.6 is 0 Å². The molecule has 0 aromatic rings. The Kier molecular flexibility index (Phi) is 5.19. The fourth-order valence-electron chi connectivity index (χ4n) is 2.92. The van der Waals surface area contributed by atoms with Crippen molar-refractivity contribution in [2.24, 2.45) is 0 Å². The Morgan fingerprint density at radius 1 is 1.11 bits per heavy atom. The highest BCUT2D eigenvalue weighted by Crippen LogP contribution is 2.23. The lowest BCUT2D eigenvalue weighted by Gasteiger charge is -2.38. The second-order valence-electron chi connectivity index (χ2n) is 5.58. The van der Waals surface area contributed by atoms with E-state index in [0.29, 0.717) is 18.6 Å². The summed E-state index contributed by atoms with van der Waals surface area (Å²) in [5.41, 5.74) is 0. The van der Waals surface area contributed by atoms with Crippen LogP contribution < -0.4 is 0 Å². The second-order valence-corrected chi connectivity index (χ2v) is 5.58. The zero-order valence-corrected chi connectivity index (χ0v) is 11.9. The highest BCUT2D eigenvalue weighted by molar-refractivity contribution is 5.72. The number of carboxylic acid groups (broad SMARTS) is 1. The van der Waals surface area contributed by atoms with Crippen LogP contribution in [-0.4, -0.2) is 60.0 Å². The van der Waals surface area contributed by atoms with Crippen LogP contribution in [0.1, 0.15) is 39.5 Å². The molecular formula is C14H25NO4. The smallest absolute Gasteiger partial charge is 0.332 e. The van der Waals surface area contributed by atoms with Gasteiger partial charge in [0, 0.05) is 19.6 Å². The number of aliphatic carboxylic acids is 1. The maximum atomic E-state index is 10.9. The molecule has 5 heteroatoms. The Morgan fingerprint density at radius 3 is 2.21 bits per heavy atom. The molecule has 0 saturated carbocycles. The Bertz CT molecular complexity index is 298. The zero-order valence-electron chi connectivity index (χ0n) is 11.9. The van der Waals surface area contributed by atoms with Gasteiger partial charge in [-0.2, -0.15) is 0 Å². The molecule has 19 heavy (non-hydrogen) atoms. The topological polar surface area (TPSA) is 59.0 Å². The Morgan fingerprint density at radius 2 is 1.74 bits per heavy atom. The predicted molar refractivity (Wildman–Crippen MR) is 71.2 cm³/mol. The van der Waals surface area contributed by atoms with Crippen LogP contribution in [0.15, 0.2) is 0 Å². The molecule has 0 spiro atoms. The summed E-state index contributed by atoms with van der Waals surface area (Å²) in [5.74, 6) is -0.831.